The van der Waals surface area contributed by atoms with E-state index in [-0.39, 0.29) is 0 Å². The molecule has 5 N–H and O–H groups in total. The third kappa shape index (κ3) is 5.77. The quantitative estimate of drug-likeness (QED) is 0.471. The molecule has 8 heteroatoms. The van der Waals surface area contributed by atoms with E-state index >= 15 is 0 Å². The van der Waals surface area contributed by atoms with Crippen LogP contribution in [0.2, 0.25) is 0 Å². The Bertz CT molecular complexity index is 679. The van der Waals surface area contributed by atoms with Crippen molar-refractivity contribution in [3.05, 3.63) is 29.8 Å². The molecular weight excluding hydrogens is 350 g/mol. The second-order valence-corrected chi connectivity index (χ2v) is 6.73. The van der Waals surface area contributed by atoms with Gasteiger partial charge in [0.05, 0.1) is 6.04 Å². The van der Waals surface area contributed by atoms with E-state index < -0.39 is 36.5 Å². The molecule has 0 saturated heterocycles. The number of carbonyl (C=O) groups excluding carboxylic acids is 1. The second-order valence-electron chi connectivity index (χ2n) is 6.73. The highest BCUT2D eigenvalue weighted by molar-refractivity contribution is 6.01. The average molecular weight is 377 g/mol. The zero-order chi connectivity index (χ0) is 19.8. The lowest BCUT2D eigenvalue weighted by Crippen LogP contribution is -2.54. The number of para-hydroxylation sites is 1. The topological polar surface area (TPSA) is 133 Å². The standard InChI is InChI=1S/C19H27N3O5/c20-11-4-3-8-15(19(26)27)21-14-9-5-7-13-6-1-2-10-16(13)22(18(14)25)12-17(23)24/h1-2,6,10,14-15,21H,3-5,7-9,11-12,20H2,(H,23,24)(H,26,27)/t14?,15-/m0/s1. The van der Waals surface area contributed by atoms with Crippen LogP contribution in [-0.2, 0) is 20.8 Å². The van der Waals surface area contributed by atoms with E-state index in [9.17, 15) is 24.6 Å². The van der Waals surface area contributed by atoms with Crippen molar-refractivity contribution in [3.63, 3.8) is 0 Å². The number of nitrogens with one attached hydrogen (secondary N) is 1. The number of anilines is 1. The number of hydrogen-bond acceptors (Lipinski definition) is 5. The number of carbonyl (C=O) groups is 3. The Morgan fingerprint density at radius 3 is 2.67 bits per heavy atom. The smallest absolute Gasteiger partial charge is 0.323 e. The number of amides is 1. The zero-order valence-electron chi connectivity index (χ0n) is 15.3. The summed E-state index contributed by atoms with van der Waals surface area (Å²) in [5.74, 6) is -2.54. The number of benzene rings is 1. The normalized spacial score (nSPS) is 18.3. The van der Waals surface area contributed by atoms with Gasteiger partial charge in [0.25, 0.3) is 0 Å². The third-order valence-corrected chi connectivity index (χ3v) is 4.73. The van der Waals surface area contributed by atoms with E-state index in [1.807, 2.05) is 12.1 Å². The summed E-state index contributed by atoms with van der Waals surface area (Å²) in [5.41, 5.74) is 6.96. The predicted molar refractivity (Wildman–Crippen MR) is 101 cm³/mol. The molecule has 1 aliphatic heterocycles. The van der Waals surface area contributed by atoms with Gasteiger partial charge in [0.2, 0.25) is 5.91 Å². The summed E-state index contributed by atoms with van der Waals surface area (Å²) in [6, 6.07) is 5.63. The van der Waals surface area contributed by atoms with Gasteiger partial charge in [0.1, 0.15) is 12.6 Å². The van der Waals surface area contributed by atoms with Gasteiger partial charge in [-0.05, 0) is 50.3 Å². The number of carboxylic acid groups (broad SMARTS) is 2. The monoisotopic (exact) mass is 377 g/mol. The van der Waals surface area contributed by atoms with Gasteiger partial charge in [0.15, 0.2) is 0 Å². The largest absolute Gasteiger partial charge is 0.480 e. The van der Waals surface area contributed by atoms with Crippen LogP contribution in [0.15, 0.2) is 24.3 Å². The van der Waals surface area contributed by atoms with E-state index in [2.05, 4.69) is 5.32 Å². The number of nitrogens with zero attached hydrogens (tertiary/aromatic N) is 1. The summed E-state index contributed by atoms with van der Waals surface area (Å²) >= 11 is 0. The number of nitrogens with two attached hydrogens (primary N) is 1. The summed E-state index contributed by atoms with van der Waals surface area (Å²) in [6.45, 7) is 0.0246. The molecule has 0 aromatic heterocycles. The Morgan fingerprint density at radius 2 is 2.00 bits per heavy atom. The number of rotatable bonds is 9. The lowest BCUT2D eigenvalue weighted by Gasteiger charge is -2.32. The molecule has 0 spiro atoms. The maximum absolute atomic E-state index is 13.1. The Labute approximate surface area is 158 Å². The molecule has 0 radical (unpaired) electrons. The number of carboxylic acids is 2. The van der Waals surface area contributed by atoms with Crippen LogP contribution < -0.4 is 16.0 Å². The van der Waals surface area contributed by atoms with Crippen LogP contribution >= 0.6 is 0 Å². The van der Waals surface area contributed by atoms with Crippen LogP contribution in [0, 0.1) is 0 Å². The first kappa shape index (κ1) is 20.9. The minimum atomic E-state index is -1.12. The number of hydrogen-bond donors (Lipinski definition) is 4. The molecule has 2 atom stereocenters. The molecule has 27 heavy (non-hydrogen) atoms. The molecule has 8 nitrogen and oxygen atoms in total. The van der Waals surface area contributed by atoms with Gasteiger partial charge in [0, 0.05) is 5.69 Å². The van der Waals surface area contributed by atoms with E-state index in [4.69, 9.17) is 5.73 Å². The van der Waals surface area contributed by atoms with E-state index in [1.165, 1.54) is 4.90 Å². The molecule has 0 saturated carbocycles. The highest BCUT2D eigenvalue weighted by Crippen LogP contribution is 2.26. The summed E-state index contributed by atoms with van der Waals surface area (Å²) in [4.78, 5) is 37.2. The minimum Gasteiger partial charge on any atom is -0.480 e. The molecule has 1 aromatic carbocycles. The summed E-state index contributed by atoms with van der Waals surface area (Å²) in [6.07, 6.45) is 3.57. The van der Waals surface area contributed by atoms with Crippen molar-refractivity contribution in [3.8, 4) is 0 Å². The highest BCUT2D eigenvalue weighted by atomic mass is 16.4. The van der Waals surface area contributed by atoms with Crippen molar-refractivity contribution in [1.29, 1.82) is 0 Å². The highest BCUT2D eigenvalue weighted by Gasteiger charge is 2.32. The van der Waals surface area contributed by atoms with Crippen molar-refractivity contribution in [1.82, 2.24) is 5.32 Å². The third-order valence-electron chi connectivity index (χ3n) is 4.73. The van der Waals surface area contributed by atoms with Gasteiger partial charge < -0.3 is 15.9 Å². The van der Waals surface area contributed by atoms with Gasteiger partial charge in [-0.15, -0.1) is 0 Å². The first-order valence-electron chi connectivity index (χ1n) is 9.24. The molecule has 1 amide bonds. The van der Waals surface area contributed by atoms with Crippen LogP contribution in [-0.4, -0.2) is 53.2 Å². The lowest BCUT2D eigenvalue weighted by atomic mass is 9.97. The van der Waals surface area contributed by atoms with E-state index in [1.54, 1.807) is 12.1 Å². The number of aryl methyl sites for hydroxylation is 1. The number of fused-ring (bicyclic) bond motifs is 1. The maximum Gasteiger partial charge on any atom is 0.323 e. The van der Waals surface area contributed by atoms with Crippen molar-refractivity contribution in [2.24, 2.45) is 5.73 Å². The fourth-order valence-electron chi connectivity index (χ4n) is 3.38. The molecule has 0 aliphatic carbocycles. The zero-order valence-corrected chi connectivity index (χ0v) is 15.3. The van der Waals surface area contributed by atoms with Crippen molar-refractivity contribution in [2.75, 3.05) is 18.0 Å². The van der Waals surface area contributed by atoms with Crippen LogP contribution in [0.1, 0.15) is 37.7 Å². The minimum absolute atomic E-state index is 0.367. The molecule has 1 aromatic rings. The van der Waals surface area contributed by atoms with E-state index in [0.717, 1.165) is 5.56 Å². The Morgan fingerprint density at radius 1 is 1.26 bits per heavy atom. The van der Waals surface area contributed by atoms with Gasteiger partial charge in [-0.25, -0.2) is 0 Å². The van der Waals surface area contributed by atoms with Crippen molar-refractivity contribution in [2.45, 2.75) is 50.6 Å². The van der Waals surface area contributed by atoms with Crippen molar-refractivity contribution >= 4 is 23.5 Å². The molecule has 0 fully saturated rings. The fraction of sp³-hybridized carbons (Fsp3) is 0.526. The Hall–Kier alpha value is -2.45. The Kier molecular flexibility index (Phi) is 7.75. The molecule has 1 unspecified atom stereocenters. The van der Waals surface area contributed by atoms with Gasteiger partial charge in [-0.1, -0.05) is 24.6 Å². The number of unbranched alkanes of at least 4 members (excludes halogenated alkanes) is 1. The molecule has 148 valence electrons. The SMILES string of the molecule is NCCCC[C@H](NC1CCCc2ccccc2N(CC(=O)O)C1=O)C(=O)O. The van der Waals surface area contributed by atoms with Crippen LogP contribution in [0.5, 0.6) is 0 Å². The predicted octanol–water partition coefficient (Wildman–Crippen LogP) is 0.981. The molecule has 0 bridgehead atoms. The summed E-state index contributed by atoms with van der Waals surface area (Å²) < 4.78 is 0. The first-order valence-corrected chi connectivity index (χ1v) is 9.24. The summed E-state index contributed by atoms with van der Waals surface area (Å²) in [5, 5.41) is 21.7. The van der Waals surface area contributed by atoms with Gasteiger partial charge in [-0.2, -0.15) is 0 Å². The fourth-order valence-corrected chi connectivity index (χ4v) is 3.38. The molecule has 1 heterocycles. The summed E-state index contributed by atoms with van der Waals surface area (Å²) in [7, 11) is 0. The average Bonchev–Trinajstić information content (AvgIpc) is 2.63. The molecular formula is C19H27N3O5. The van der Waals surface area contributed by atoms with Crippen molar-refractivity contribution < 1.29 is 24.6 Å². The number of aliphatic carboxylic acids is 2. The second kappa shape index (κ2) is 10.0. The molecule has 1 aliphatic rings. The Balaban J connectivity index is 2.23. The first-order chi connectivity index (χ1) is 12.9. The lowest BCUT2D eigenvalue weighted by molar-refractivity contribution is -0.141. The van der Waals surface area contributed by atoms with Crippen LogP contribution in [0.4, 0.5) is 5.69 Å². The van der Waals surface area contributed by atoms with Gasteiger partial charge in [-0.3, -0.25) is 24.6 Å². The van der Waals surface area contributed by atoms with Crippen LogP contribution in [0.3, 0.4) is 0 Å². The van der Waals surface area contributed by atoms with Gasteiger partial charge >= 0.3 is 11.9 Å². The van der Waals surface area contributed by atoms with E-state index in [0.29, 0.717) is 50.8 Å². The molecule has 2 rings (SSSR count). The van der Waals surface area contributed by atoms with Crippen LogP contribution in [0.25, 0.3) is 0 Å². The maximum atomic E-state index is 13.1.